The lowest BCUT2D eigenvalue weighted by molar-refractivity contribution is 0.132. The molecule has 0 atom stereocenters. The summed E-state index contributed by atoms with van der Waals surface area (Å²) < 4.78 is 10.8. The van der Waals surface area contributed by atoms with Crippen molar-refractivity contribution in [2.45, 2.75) is 33.2 Å². The Hall–Kier alpha value is -1.06. The van der Waals surface area contributed by atoms with E-state index in [1.54, 1.807) is 0 Å². The molecule has 1 aromatic rings. The van der Waals surface area contributed by atoms with Crippen molar-refractivity contribution in [1.29, 1.82) is 0 Å². The molecule has 3 nitrogen and oxygen atoms in total. The van der Waals surface area contributed by atoms with E-state index in [9.17, 15) is 0 Å². The standard InChI is InChI=1S/C15H25NO2/c1-3-11-17-12-5-10-16-13-14-6-8-15(9-7-14)18-4-2/h6-9,16H,3-5,10-13H2,1-2H3. The van der Waals surface area contributed by atoms with Crippen LogP contribution in [0.15, 0.2) is 24.3 Å². The molecule has 0 amide bonds. The Morgan fingerprint density at radius 2 is 1.83 bits per heavy atom. The summed E-state index contributed by atoms with van der Waals surface area (Å²) in [7, 11) is 0. The molecule has 0 bridgehead atoms. The van der Waals surface area contributed by atoms with Crippen LogP contribution < -0.4 is 10.1 Å². The highest BCUT2D eigenvalue weighted by Crippen LogP contribution is 2.11. The van der Waals surface area contributed by atoms with Gasteiger partial charge in [-0.1, -0.05) is 19.1 Å². The Kier molecular flexibility index (Phi) is 8.26. The quantitative estimate of drug-likeness (QED) is 0.648. The van der Waals surface area contributed by atoms with Crippen LogP contribution in [0.3, 0.4) is 0 Å². The van der Waals surface area contributed by atoms with Crippen molar-refractivity contribution in [3.8, 4) is 5.75 Å². The molecule has 18 heavy (non-hydrogen) atoms. The molecule has 0 unspecified atom stereocenters. The van der Waals surface area contributed by atoms with E-state index < -0.39 is 0 Å². The van der Waals surface area contributed by atoms with Crippen LogP contribution in [0.4, 0.5) is 0 Å². The number of nitrogens with one attached hydrogen (secondary N) is 1. The van der Waals surface area contributed by atoms with Crippen molar-refractivity contribution in [2.24, 2.45) is 0 Å². The maximum absolute atomic E-state index is 5.42. The molecule has 3 heteroatoms. The molecular weight excluding hydrogens is 226 g/mol. The number of hydrogen-bond donors (Lipinski definition) is 1. The molecule has 0 saturated heterocycles. The topological polar surface area (TPSA) is 30.5 Å². The van der Waals surface area contributed by atoms with Gasteiger partial charge in [-0.2, -0.15) is 0 Å². The zero-order chi connectivity index (χ0) is 13.1. The molecule has 0 heterocycles. The third-order valence-corrected chi connectivity index (χ3v) is 2.55. The number of rotatable bonds is 10. The van der Waals surface area contributed by atoms with Gasteiger partial charge in [0.25, 0.3) is 0 Å². The van der Waals surface area contributed by atoms with Crippen LogP contribution in [-0.2, 0) is 11.3 Å². The van der Waals surface area contributed by atoms with Crippen LogP contribution in [0, 0.1) is 0 Å². The van der Waals surface area contributed by atoms with Crippen molar-refractivity contribution in [3.05, 3.63) is 29.8 Å². The fourth-order valence-corrected chi connectivity index (χ4v) is 1.65. The lowest BCUT2D eigenvalue weighted by atomic mass is 10.2. The largest absolute Gasteiger partial charge is 0.494 e. The average molecular weight is 251 g/mol. The van der Waals surface area contributed by atoms with Crippen LogP contribution in [0.5, 0.6) is 5.75 Å². The third-order valence-electron chi connectivity index (χ3n) is 2.55. The van der Waals surface area contributed by atoms with Gasteiger partial charge in [0, 0.05) is 19.8 Å². The molecule has 0 radical (unpaired) electrons. The summed E-state index contributed by atoms with van der Waals surface area (Å²) in [5.41, 5.74) is 1.29. The van der Waals surface area contributed by atoms with E-state index in [1.165, 1.54) is 5.56 Å². The third kappa shape index (κ3) is 6.62. The molecule has 0 aromatic heterocycles. The Morgan fingerprint density at radius 3 is 2.50 bits per heavy atom. The molecule has 102 valence electrons. The lowest BCUT2D eigenvalue weighted by Crippen LogP contribution is -2.16. The van der Waals surface area contributed by atoms with Gasteiger partial charge in [0.05, 0.1) is 6.61 Å². The zero-order valence-electron chi connectivity index (χ0n) is 11.6. The highest BCUT2D eigenvalue weighted by atomic mass is 16.5. The number of ether oxygens (including phenoxy) is 2. The zero-order valence-corrected chi connectivity index (χ0v) is 11.6. The van der Waals surface area contributed by atoms with Gasteiger partial charge in [0.15, 0.2) is 0 Å². The Labute approximate surface area is 110 Å². The van der Waals surface area contributed by atoms with E-state index in [1.807, 2.05) is 19.1 Å². The summed E-state index contributed by atoms with van der Waals surface area (Å²) >= 11 is 0. The fourth-order valence-electron chi connectivity index (χ4n) is 1.65. The summed E-state index contributed by atoms with van der Waals surface area (Å²) in [6.45, 7) is 8.47. The van der Waals surface area contributed by atoms with E-state index >= 15 is 0 Å². The van der Waals surface area contributed by atoms with E-state index in [4.69, 9.17) is 9.47 Å². The van der Waals surface area contributed by atoms with Gasteiger partial charge in [0.1, 0.15) is 5.75 Å². The summed E-state index contributed by atoms with van der Waals surface area (Å²) in [6, 6.07) is 8.24. The first-order chi connectivity index (χ1) is 8.86. The molecular formula is C15H25NO2. The summed E-state index contributed by atoms with van der Waals surface area (Å²) in [5, 5.41) is 3.41. The Balaban J connectivity index is 2.08. The minimum Gasteiger partial charge on any atom is -0.494 e. The maximum atomic E-state index is 5.42. The van der Waals surface area contributed by atoms with Crippen LogP contribution in [0.25, 0.3) is 0 Å². The summed E-state index contributed by atoms with van der Waals surface area (Å²) in [6.07, 6.45) is 2.16. The predicted octanol–water partition coefficient (Wildman–Crippen LogP) is 2.99. The molecule has 0 aliphatic heterocycles. The molecule has 1 rings (SSSR count). The number of benzene rings is 1. The second-order valence-electron chi connectivity index (χ2n) is 4.22. The van der Waals surface area contributed by atoms with E-state index in [0.717, 1.165) is 51.5 Å². The molecule has 0 fully saturated rings. The molecule has 1 N–H and O–H groups in total. The molecule has 0 aliphatic carbocycles. The van der Waals surface area contributed by atoms with E-state index in [-0.39, 0.29) is 0 Å². The van der Waals surface area contributed by atoms with Crippen molar-refractivity contribution in [1.82, 2.24) is 5.32 Å². The van der Waals surface area contributed by atoms with Crippen molar-refractivity contribution < 1.29 is 9.47 Å². The van der Waals surface area contributed by atoms with E-state index in [0.29, 0.717) is 0 Å². The van der Waals surface area contributed by atoms with Gasteiger partial charge in [-0.15, -0.1) is 0 Å². The van der Waals surface area contributed by atoms with Gasteiger partial charge in [0.2, 0.25) is 0 Å². The van der Waals surface area contributed by atoms with Gasteiger partial charge >= 0.3 is 0 Å². The minimum absolute atomic E-state index is 0.718. The maximum Gasteiger partial charge on any atom is 0.119 e. The van der Waals surface area contributed by atoms with Crippen LogP contribution in [0.2, 0.25) is 0 Å². The molecule has 0 saturated carbocycles. The SMILES string of the molecule is CCCOCCCNCc1ccc(OCC)cc1. The van der Waals surface area contributed by atoms with Gasteiger partial charge in [-0.25, -0.2) is 0 Å². The second kappa shape index (κ2) is 9.92. The molecule has 0 aliphatic rings. The smallest absolute Gasteiger partial charge is 0.119 e. The van der Waals surface area contributed by atoms with Gasteiger partial charge in [-0.05, 0) is 44.0 Å². The fraction of sp³-hybridized carbons (Fsp3) is 0.600. The Bertz CT molecular complexity index is 298. The summed E-state index contributed by atoms with van der Waals surface area (Å²) in [5.74, 6) is 0.939. The van der Waals surface area contributed by atoms with Gasteiger partial charge < -0.3 is 14.8 Å². The highest BCUT2D eigenvalue weighted by molar-refractivity contribution is 5.27. The number of hydrogen-bond acceptors (Lipinski definition) is 3. The first-order valence-electron chi connectivity index (χ1n) is 6.87. The lowest BCUT2D eigenvalue weighted by Gasteiger charge is -2.07. The monoisotopic (exact) mass is 251 g/mol. The minimum atomic E-state index is 0.718. The van der Waals surface area contributed by atoms with Crippen molar-refractivity contribution in [3.63, 3.8) is 0 Å². The van der Waals surface area contributed by atoms with Crippen LogP contribution >= 0.6 is 0 Å². The van der Waals surface area contributed by atoms with Crippen molar-refractivity contribution in [2.75, 3.05) is 26.4 Å². The van der Waals surface area contributed by atoms with Crippen LogP contribution in [0.1, 0.15) is 32.3 Å². The molecule has 1 aromatic carbocycles. The van der Waals surface area contributed by atoms with E-state index in [2.05, 4.69) is 24.4 Å². The predicted molar refractivity (Wildman–Crippen MR) is 75.0 cm³/mol. The van der Waals surface area contributed by atoms with Gasteiger partial charge in [-0.3, -0.25) is 0 Å². The summed E-state index contributed by atoms with van der Waals surface area (Å²) in [4.78, 5) is 0. The Morgan fingerprint density at radius 1 is 1.06 bits per heavy atom. The van der Waals surface area contributed by atoms with Crippen LogP contribution in [-0.4, -0.2) is 26.4 Å². The first kappa shape index (κ1) is 15.0. The first-order valence-corrected chi connectivity index (χ1v) is 6.87. The average Bonchev–Trinajstić information content (AvgIpc) is 2.40. The highest BCUT2D eigenvalue weighted by Gasteiger charge is 1.95. The second-order valence-corrected chi connectivity index (χ2v) is 4.22. The van der Waals surface area contributed by atoms with Crippen molar-refractivity contribution >= 4 is 0 Å². The normalized spacial score (nSPS) is 10.6. The molecule has 0 spiro atoms.